The van der Waals surface area contributed by atoms with E-state index in [1.165, 1.54) is 13.2 Å². The third kappa shape index (κ3) is 5.47. The van der Waals surface area contributed by atoms with Gasteiger partial charge < -0.3 is 24.0 Å². The van der Waals surface area contributed by atoms with Gasteiger partial charge in [0.1, 0.15) is 11.5 Å². The Balaban J connectivity index is 1.46. The molecule has 0 unspecified atom stereocenters. The minimum absolute atomic E-state index is 0.229. The molecule has 1 aromatic heterocycles. The van der Waals surface area contributed by atoms with Gasteiger partial charge in [-0.1, -0.05) is 0 Å². The Labute approximate surface area is 174 Å². The van der Waals surface area contributed by atoms with E-state index in [4.69, 9.17) is 14.2 Å². The first-order chi connectivity index (χ1) is 14.6. The second kappa shape index (κ2) is 10.2. The SMILES string of the molecule is COc1ccc(/C=C/C(=O)OCC(=O)N2CCN(c3ncccn3)CC2)c(OC)c1. The second-order valence-electron chi connectivity index (χ2n) is 6.47. The fourth-order valence-corrected chi connectivity index (χ4v) is 3.00. The van der Waals surface area contributed by atoms with Crippen LogP contribution in [0.4, 0.5) is 5.95 Å². The molecule has 1 saturated heterocycles. The Kier molecular flexibility index (Phi) is 7.20. The molecule has 2 heterocycles. The zero-order valence-electron chi connectivity index (χ0n) is 17.0. The highest BCUT2D eigenvalue weighted by Crippen LogP contribution is 2.25. The monoisotopic (exact) mass is 412 g/mol. The number of carbonyl (C=O) groups is 2. The lowest BCUT2D eigenvalue weighted by molar-refractivity contribution is -0.148. The molecule has 9 heteroatoms. The van der Waals surface area contributed by atoms with Gasteiger partial charge in [0.15, 0.2) is 6.61 Å². The summed E-state index contributed by atoms with van der Waals surface area (Å²) in [4.78, 5) is 36.4. The van der Waals surface area contributed by atoms with Gasteiger partial charge in [-0.2, -0.15) is 0 Å². The molecule has 0 saturated carbocycles. The van der Waals surface area contributed by atoms with Gasteiger partial charge in [-0.15, -0.1) is 0 Å². The molecule has 0 N–H and O–H groups in total. The van der Waals surface area contributed by atoms with Crippen molar-refractivity contribution in [1.29, 1.82) is 0 Å². The summed E-state index contributed by atoms with van der Waals surface area (Å²) in [6.45, 7) is 1.99. The fraction of sp³-hybridized carbons (Fsp3) is 0.333. The first-order valence-electron chi connectivity index (χ1n) is 9.47. The molecule has 1 amide bonds. The molecule has 1 aliphatic heterocycles. The molecule has 0 aliphatic carbocycles. The van der Waals surface area contributed by atoms with Crippen molar-refractivity contribution in [2.24, 2.45) is 0 Å². The Bertz CT molecular complexity index is 896. The summed E-state index contributed by atoms with van der Waals surface area (Å²) < 4.78 is 15.5. The predicted octanol–water partition coefficient (Wildman–Crippen LogP) is 1.40. The van der Waals surface area contributed by atoms with Crippen molar-refractivity contribution in [3.8, 4) is 11.5 Å². The van der Waals surface area contributed by atoms with Crippen LogP contribution in [-0.2, 0) is 14.3 Å². The highest BCUT2D eigenvalue weighted by Gasteiger charge is 2.23. The molecule has 0 atom stereocenters. The van der Waals surface area contributed by atoms with Crippen LogP contribution in [0.2, 0.25) is 0 Å². The van der Waals surface area contributed by atoms with Gasteiger partial charge in [-0.25, -0.2) is 14.8 Å². The minimum atomic E-state index is -0.599. The van der Waals surface area contributed by atoms with E-state index in [9.17, 15) is 9.59 Å². The van der Waals surface area contributed by atoms with Crippen molar-refractivity contribution >= 4 is 23.9 Å². The maximum atomic E-state index is 12.3. The molecule has 9 nitrogen and oxygen atoms in total. The maximum absolute atomic E-state index is 12.3. The third-order valence-electron chi connectivity index (χ3n) is 4.64. The van der Waals surface area contributed by atoms with E-state index in [2.05, 4.69) is 9.97 Å². The largest absolute Gasteiger partial charge is 0.497 e. The first kappa shape index (κ1) is 21.1. The molecule has 1 fully saturated rings. The lowest BCUT2D eigenvalue weighted by atomic mass is 10.2. The van der Waals surface area contributed by atoms with Crippen molar-refractivity contribution in [3.05, 3.63) is 48.3 Å². The fourth-order valence-electron chi connectivity index (χ4n) is 3.00. The lowest BCUT2D eigenvalue weighted by Gasteiger charge is -2.34. The zero-order chi connectivity index (χ0) is 21.3. The topological polar surface area (TPSA) is 94.1 Å². The summed E-state index contributed by atoms with van der Waals surface area (Å²) in [5, 5.41) is 0. The first-order valence-corrected chi connectivity index (χ1v) is 9.47. The number of amides is 1. The van der Waals surface area contributed by atoms with Crippen LogP contribution in [0.5, 0.6) is 11.5 Å². The molecule has 0 radical (unpaired) electrons. The van der Waals surface area contributed by atoms with Crippen LogP contribution in [0.15, 0.2) is 42.7 Å². The normalized spacial score (nSPS) is 13.9. The molecule has 30 heavy (non-hydrogen) atoms. The van der Waals surface area contributed by atoms with Crippen molar-refractivity contribution < 1.29 is 23.8 Å². The molecule has 1 aliphatic rings. The van der Waals surface area contributed by atoms with E-state index in [1.807, 2.05) is 4.90 Å². The van der Waals surface area contributed by atoms with Crippen LogP contribution in [0.1, 0.15) is 5.56 Å². The Morgan fingerprint density at radius 1 is 1.07 bits per heavy atom. The predicted molar refractivity (Wildman–Crippen MR) is 110 cm³/mol. The van der Waals surface area contributed by atoms with Crippen LogP contribution in [0.3, 0.4) is 0 Å². The number of benzene rings is 1. The van der Waals surface area contributed by atoms with Gasteiger partial charge in [-0.05, 0) is 24.3 Å². The summed E-state index contributed by atoms with van der Waals surface area (Å²) >= 11 is 0. The Hall–Kier alpha value is -3.62. The molecule has 158 valence electrons. The number of carbonyl (C=O) groups excluding carboxylic acids is 2. The molecule has 1 aromatic carbocycles. The van der Waals surface area contributed by atoms with E-state index in [1.54, 1.807) is 54.7 Å². The summed E-state index contributed by atoms with van der Waals surface area (Å²) in [6, 6.07) is 7.01. The Morgan fingerprint density at radius 3 is 2.47 bits per heavy atom. The van der Waals surface area contributed by atoms with Crippen molar-refractivity contribution in [3.63, 3.8) is 0 Å². The standard InChI is InChI=1S/C21H24N4O5/c1-28-17-6-4-16(18(14-17)29-2)5-7-20(27)30-15-19(26)24-10-12-25(13-11-24)21-22-8-3-9-23-21/h3-9,14H,10-13,15H2,1-2H3/b7-5+. The molecular weight excluding hydrogens is 388 g/mol. The zero-order valence-corrected chi connectivity index (χ0v) is 17.0. The third-order valence-corrected chi connectivity index (χ3v) is 4.64. The highest BCUT2D eigenvalue weighted by atomic mass is 16.5. The minimum Gasteiger partial charge on any atom is -0.497 e. The molecule has 0 bridgehead atoms. The van der Waals surface area contributed by atoms with Gasteiger partial charge in [-0.3, -0.25) is 4.79 Å². The number of hydrogen-bond acceptors (Lipinski definition) is 8. The summed E-state index contributed by atoms with van der Waals surface area (Å²) in [6.07, 6.45) is 6.22. The van der Waals surface area contributed by atoms with Crippen LogP contribution < -0.4 is 14.4 Å². The number of aromatic nitrogens is 2. The van der Waals surface area contributed by atoms with Crippen LogP contribution >= 0.6 is 0 Å². The number of anilines is 1. The number of piperazine rings is 1. The molecule has 3 rings (SSSR count). The van der Waals surface area contributed by atoms with Gasteiger partial charge >= 0.3 is 5.97 Å². The van der Waals surface area contributed by atoms with Gasteiger partial charge in [0.25, 0.3) is 5.91 Å². The Morgan fingerprint density at radius 2 is 1.80 bits per heavy atom. The molecule has 0 spiro atoms. The quantitative estimate of drug-likeness (QED) is 0.498. The summed E-state index contributed by atoms with van der Waals surface area (Å²) in [5.74, 6) is 1.03. The van der Waals surface area contributed by atoms with Crippen molar-refractivity contribution in [2.45, 2.75) is 0 Å². The van der Waals surface area contributed by atoms with E-state index in [0.29, 0.717) is 49.2 Å². The van der Waals surface area contributed by atoms with Crippen molar-refractivity contribution in [2.75, 3.05) is 51.9 Å². The number of ether oxygens (including phenoxy) is 3. The molecular formula is C21H24N4O5. The number of nitrogens with zero attached hydrogens (tertiary/aromatic N) is 4. The van der Waals surface area contributed by atoms with Crippen LogP contribution in [0, 0.1) is 0 Å². The number of esters is 1. The van der Waals surface area contributed by atoms with Crippen molar-refractivity contribution in [1.82, 2.24) is 14.9 Å². The van der Waals surface area contributed by atoms with E-state index in [0.717, 1.165) is 0 Å². The van der Waals surface area contributed by atoms with Gasteiger partial charge in [0, 0.05) is 56.3 Å². The maximum Gasteiger partial charge on any atom is 0.331 e. The number of hydrogen-bond donors (Lipinski definition) is 0. The smallest absolute Gasteiger partial charge is 0.331 e. The van der Waals surface area contributed by atoms with Crippen LogP contribution in [0.25, 0.3) is 6.08 Å². The van der Waals surface area contributed by atoms with Gasteiger partial charge in [0.2, 0.25) is 5.95 Å². The summed E-state index contributed by atoms with van der Waals surface area (Å²) in [7, 11) is 3.10. The van der Waals surface area contributed by atoms with Crippen LogP contribution in [-0.4, -0.2) is 73.7 Å². The molecule has 2 aromatic rings. The number of rotatable bonds is 7. The second-order valence-corrected chi connectivity index (χ2v) is 6.47. The highest BCUT2D eigenvalue weighted by molar-refractivity contribution is 5.89. The average molecular weight is 412 g/mol. The van der Waals surface area contributed by atoms with Gasteiger partial charge in [0.05, 0.1) is 14.2 Å². The average Bonchev–Trinajstić information content (AvgIpc) is 2.81. The van der Waals surface area contributed by atoms with E-state index < -0.39 is 5.97 Å². The number of methoxy groups -OCH3 is 2. The van der Waals surface area contributed by atoms with E-state index >= 15 is 0 Å². The summed E-state index contributed by atoms with van der Waals surface area (Å²) in [5.41, 5.74) is 0.695. The van der Waals surface area contributed by atoms with E-state index in [-0.39, 0.29) is 12.5 Å². The lowest BCUT2D eigenvalue weighted by Crippen LogP contribution is -2.50.